The standard InChI is InChI=1S/C6H10O4/c1-4-5(6(7)8)10-3-2-9-4/h4-5H,2-3H2,1H3,(H,7,8). The molecule has 0 spiro atoms. The van der Waals surface area contributed by atoms with Crippen LogP contribution in [0.2, 0.25) is 0 Å². The van der Waals surface area contributed by atoms with E-state index in [9.17, 15) is 4.79 Å². The van der Waals surface area contributed by atoms with E-state index in [1.165, 1.54) is 0 Å². The monoisotopic (exact) mass is 146 g/mol. The van der Waals surface area contributed by atoms with Gasteiger partial charge in [-0.05, 0) is 6.92 Å². The molecule has 1 N–H and O–H groups in total. The summed E-state index contributed by atoms with van der Waals surface area (Å²) in [6.45, 7) is 2.56. The van der Waals surface area contributed by atoms with E-state index in [-0.39, 0.29) is 6.10 Å². The molecule has 4 heteroatoms. The van der Waals surface area contributed by atoms with Crippen molar-refractivity contribution in [3.8, 4) is 0 Å². The molecule has 1 rings (SSSR count). The zero-order chi connectivity index (χ0) is 7.56. The van der Waals surface area contributed by atoms with Crippen LogP contribution in [0.25, 0.3) is 0 Å². The Morgan fingerprint density at radius 1 is 1.50 bits per heavy atom. The van der Waals surface area contributed by atoms with E-state index in [0.717, 1.165) is 0 Å². The molecule has 0 saturated carbocycles. The van der Waals surface area contributed by atoms with Crippen LogP contribution in [0.3, 0.4) is 0 Å². The number of hydrogen-bond acceptors (Lipinski definition) is 3. The Morgan fingerprint density at radius 3 is 2.50 bits per heavy atom. The number of hydrogen-bond donors (Lipinski definition) is 1. The number of ether oxygens (including phenoxy) is 2. The van der Waals surface area contributed by atoms with Gasteiger partial charge in [-0.3, -0.25) is 0 Å². The van der Waals surface area contributed by atoms with E-state index >= 15 is 0 Å². The first kappa shape index (κ1) is 7.50. The normalized spacial score (nSPS) is 33.7. The molecule has 0 radical (unpaired) electrons. The summed E-state index contributed by atoms with van der Waals surface area (Å²) >= 11 is 0. The molecule has 4 nitrogen and oxygen atoms in total. The van der Waals surface area contributed by atoms with Crippen molar-refractivity contribution in [2.75, 3.05) is 13.2 Å². The third-order valence-corrected chi connectivity index (χ3v) is 1.43. The molecule has 0 amide bonds. The molecule has 1 heterocycles. The summed E-state index contributed by atoms with van der Waals surface area (Å²) in [4.78, 5) is 10.4. The average molecular weight is 146 g/mol. The van der Waals surface area contributed by atoms with Gasteiger partial charge in [-0.25, -0.2) is 4.79 Å². The molecule has 1 saturated heterocycles. The van der Waals surface area contributed by atoms with Crippen LogP contribution in [0.5, 0.6) is 0 Å². The van der Waals surface area contributed by atoms with E-state index in [0.29, 0.717) is 13.2 Å². The van der Waals surface area contributed by atoms with Crippen molar-refractivity contribution in [3.63, 3.8) is 0 Å². The number of carboxylic acid groups (broad SMARTS) is 1. The van der Waals surface area contributed by atoms with Crippen molar-refractivity contribution in [1.29, 1.82) is 0 Å². The van der Waals surface area contributed by atoms with Crippen LogP contribution < -0.4 is 0 Å². The van der Waals surface area contributed by atoms with Gasteiger partial charge in [0.1, 0.15) is 0 Å². The molecule has 2 atom stereocenters. The minimum atomic E-state index is -0.952. The molecule has 0 aromatic rings. The van der Waals surface area contributed by atoms with Crippen LogP contribution in [-0.2, 0) is 14.3 Å². The minimum absolute atomic E-state index is 0.328. The fourth-order valence-corrected chi connectivity index (χ4v) is 0.904. The summed E-state index contributed by atoms with van der Waals surface area (Å²) in [5, 5.41) is 8.50. The molecule has 10 heavy (non-hydrogen) atoms. The topological polar surface area (TPSA) is 55.8 Å². The summed E-state index contributed by atoms with van der Waals surface area (Å²) in [7, 11) is 0. The average Bonchev–Trinajstić information content (AvgIpc) is 1.88. The van der Waals surface area contributed by atoms with Gasteiger partial charge in [-0.15, -0.1) is 0 Å². The van der Waals surface area contributed by atoms with Crippen LogP contribution >= 0.6 is 0 Å². The largest absolute Gasteiger partial charge is 0.479 e. The lowest BCUT2D eigenvalue weighted by molar-refractivity contribution is -0.177. The molecule has 1 aliphatic heterocycles. The van der Waals surface area contributed by atoms with Gasteiger partial charge in [0, 0.05) is 0 Å². The highest BCUT2D eigenvalue weighted by Gasteiger charge is 2.28. The number of carboxylic acids is 1. The second kappa shape index (κ2) is 2.98. The van der Waals surface area contributed by atoms with Crippen molar-refractivity contribution in [2.24, 2.45) is 0 Å². The van der Waals surface area contributed by atoms with Crippen LogP contribution in [0.1, 0.15) is 6.92 Å². The second-order valence-electron chi connectivity index (χ2n) is 2.21. The van der Waals surface area contributed by atoms with Gasteiger partial charge in [0.15, 0.2) is 6.10 Å². The van der Waals surface area contributed by atoms with E-state index < -0.39 is 12.1 Å². The summed E-state index contributed by atoms with van der Waals surface area (Å²) < 4.78 is 9.97. The maximum absolute atomic E-state index is 10.4. The fourth-order valence-electron chi connectivity index (χ4n) is 0.904. The molecule has 0 bridgehead atoms. The molecule has 0 aromatic carbocycles. The van der Waals surface area contributed by atoms with E-state index in [2.05, 4.69) is 0 Å². The zero-order valence-corrected chi connectivity index (χ0v) is 5.74. The lowest BCUT2D eigenvalue weighted by atomic mass is 10.2. The molecule has 1 aliphatic rings. The number of carbonyl (C=O) groups is 1. The fraction of sp³-hybridized carbons (Fsp3) is 0.833. The third kappa shape index (κ3) is 1.46. The summed E-state index contributed by atoms with van der Waals surface area (Å²) in [5.41, 5.74) is 0. The van der Waals surface area contributed by atoms with Crippen molar-refractivity contribution in [3.05, 3.63) is 0 Å². The Kier molecular flexibility index (Phi) is 2.24. The first-order chi connectivity index (χ1) is 4.72. The van der Waals surface area contributed by atoms with Gasteiger partial charge in [0.2, 0.25) is 0 Å². The predicted molar refractivity (Wildman–Crippen MR) is 32.8 cm³/mol. The van der Waals surface area contributed by atoms with Gasteiger partial charge in [0.25, 0.3) is 0 Å². The molecular weight excluding hydrogens is 136 g/mol. The summed E-state index contributed by atoms with van der Waals surface area (Å²) in [6.07, 6.45) is -1.11. The summed E-state index contributed by atoms with van der Waals surface area (Å²) in [5.74, 6) is -0.952. The van der Waals surface area contributed by atoms with Crippen molar-refractivity contribution < 1.29 is 19.4 Å². The first-order valence-corrected chi connectivity index (χ1v) is 3.18. The maximum Gasteiger partial charge on any atom is 0.335 e. The Balaban J connectivity index is 2.47. The van der Waals surface area contributed by atoms with Gasteiger partial charge in [-0.2, -0.15) is 0 Å². The van der Waals surface area contributed by atoms with Crippen LogP contribution in [0.4, 0.5) is 0 Å². The molecule has 0 aromatic heterocycles. The number of rotatable bonds is 1. The highest BCUT2D eigenvalue weighted by molar-refractivity contribution is 5.73. The SMILES string of the molecule is CC1OCCOC1C(=O)O. The third-order valence-electron chi connectivity index (χ3n) is 1.43. The lowest BCUT2D eigenvalue weighted by Crippen LogP contribution is -2.41. The predicted octanol–water partition coefficient (Wildman–Crippen LogP) is -0.125. The Labute approximate surface area is 58.7 Å². The summed E-state index contributed by atoms with van der Waals surface area (Å²) in [6, 6.07) is 0. The number of aliphatic carboxylic acids is 1. The van der Waals surface area contributed by atoms with Crippen LogP contribution in [0, 0.1) is 0 Å². The lowest BCUT2D eigenvalue weighted by Gasteiger charge is -2.25. The molecule has 58 valence electrons. The second-order valence-corrected chi connectivity index (χ2v) is 2.21. The van der Waals surface area contributed by atoms with E-state index in [1.54, 1.807) is 6.92 Å². The van der Waals surface area contributed by atoms with Gasteiger partial charge < -0.3 is 14.6 Å². The quantitative estimate of drug-likeness (QED) is 0.560. The maximum atomic E-state index is 10.4. The van der Waals surface area contributed by atoms with E-state index in [1.807, 2.05) is 0 Å². The Bertz CT molecular complexity index is 134. The highest BCUT2D eigenvalue weighted by atomic mass is 16.6. The first-order valence-electron chi connectivity index (χ1n) is 3.18. The molecular formula is C6H10O4. The molecule has 0 aliphatic carbocycles. The minimum Gasteiger partial charge on any atom is -0.479 e. The Hall–Kier alpha value is -0.610. The van der Waals surface area contributed by atoms with Crippen molar-refractivity contribution in [2.45, 2.75) is 19.1 Å². The Morgan fingerprint density at radius 2 is 2.10 bits per heavy atom. The van der Waals surface area contributed by atoms with Crippen molar-refractivity contribution in [1.82, 2.24) is 0 Å². The van der Waals surface area contributed by atoms with E-state index in [4.69, 9.17) is 14.6 Å². The highest BCUT2D eigenvalue weighted by Crippen LogP contribution is 2.08. The molecule has 1 fully saturated rings. The van der Waals surface area contributed by atoms with Crippen LogP contribution in [-0.4, -0.2) is 36.5 Å². The van der Waals surface area contributed by atoms with Gasteiger partial charge in [-0.1, -0.05) is 0 Å². The van der Waals surface area contributed by atoms with Crippen LogP contribution in [0.15, 0.2) is 0 Å². The van der Waals surface area contributed by atoms with Crippen molar-refractivity contribution >= 4 is 5.97 Å². The smallest absolute Gasteiger partial charge is 0.335 e. The zero-order valence-electron chi connectivity index (χ0n) is 5.74. The molecule has 2 unspecified atom stereocenters. The van der Waals surface area contributed by atoms with Gasteiger partial charge in [0.05, 0.1) is 19.3 Å². The van der Waals surface area contributed by atoms with Gasteiger partial charge >= 0.3 is 5.97 Å².